The lowest BCUT2D eigenvalue weighted by Crippen LogP contribution is -2.44. The summed E-state index contributed by atoms with van der Waals surface area (Å²) in [5, 5.41) is 13.3. The van der Waals surface area contributed by atoms with Crippen LogP contribution < -0.4 is 5.32 Å². The van der Waals surface area contributed by atoms with Crippen LogP contribution in [0.2, 0.25) is 0 Å². The van der Waals surface area contributed by atoms with Gasteiger partial charge in [-0.1, -0.05) is 12.1 Å². The predicted molar refractivity (Wildman–Crippen MR) is 76.5 cm³/mol. The second-order valence-electron chi connectivity index (χ2n) is 4.60. The van der Waals surface area contributed by atoms with E-state index in [1.54, 1.807) is 0 Å². The maximum atomic E-state index is 9.47. The molecule has 94 valence electrons. The van der Waals surface area contributed by atoms with E-state index in [0.29, 0.717) is 5.25 Å². The van der Waals surface area contributed by atoms with Gasteiger partial charge in [-0.15, -0.1) is 11.8 Å². The topological polar surface area (TPSA) is 32.3 Å². The largest absolute Gasteiger partial charge is 0.394 e. The standard InChI is InChI=1S/C13H18BrNOS/c1-15-13(9-16)7-6-10(8-13)17-12-5-3-2-4-11(12)14/h2-5,10,15-16H,6-9H2,1H3. The fraction of sp³-hybridized carbons (Fsp3) is 0.538. The van der Waals surface area contributed by atoms with Crippen LogP contribution in [-0.2, 0) is 0 Å². The maximum absolute atomic E-state index is 9.47. The van der Waals surface area contributed by atoms with Gasteiger partial charge < -0.3 is 10.4 Å². The molecule has 0 amide bonds. The molecule has 2 atom stereocenters. The molecular weight excluding hydrogens is 298 g/mol. The van der Waals surface area contributed by atoms with E-state index in [2.05, 4.69) is 39.4 Å². The molecule has 0 bridgehead atoms. The molecule has 4 heteroatoms. The maximum Gasteiger partial charge on any atom is 0.0613 e. The third-order valence-corrected chi connectivity index (χ3v) is 5.83. The van der Waals surface area contributed by atoms with Gasteiger partial charge in [0.25, 0.3) is 0 Å². The molecule has 1 aliphatic carbocycles. The minimum Gasteiger partial charge on any atom is -0.394 e. The molecule has 2 unspecified atom stereocenters. The second kappa shape index (κ2) is 5.74. The van der Waals surface area contributed by atoms with Crippen LogP contribution in [0, 0.1) is 0 Å². The molecule has 0 aromatic heterocycles. The van der Waals surface area contributed by atoms with Gasteiger partial charge in [0.15, 0.2) is 0 Å². The van der Waals surface area contributed by atoms with Crippen molar-refractivity contribution >= 4 is 27.7 Å². The van der Waals surface area contributed by atoms with Gasteiger partial charge >= 0.3 is 0 Å². The normalized spacial score (nSPS) is 28.5. The molecule has 2 N–H and O–H groups in total. The highest BCUT2D eigenvalue weighted by Crippen LogP contribution is 2.41. The molecule has 0 heterocycles. The summed E-state index contributed by atoms with van der Waals surface area (Å²) in [7, 11) is 1.95. The summed E-state index contributed by atoms with van der Waals surface area (Å²) < 4.78 is 1.16. The van der Waals surface area contributed by atoms with E-state index >= 15 is 0 Å². The molecule has 1 aromatic carbocycles. The van der Waals surface area contributed by atoms with Crippen LogP contribution in [0.4, 0.5) is 0 Å². The summed E-state index contributed by atoms with van der Waals surface area (Å²) in [5.41, 5.74) is -0.0566. The zero-order chi connectivity index (χ0) is 12.3. The monoisotopic (exact) mass is 315 g/mol. The molecule has 0 spiro atoms. The molecule has 1 saturated carbocycles. The van der Waals surface area contributed by atoms with Gasteiger partial charge in [-0.2, -0.15) is 0 Å². The van der Waals surface area contributed by atoms with Crippen LogP contribution in [0.3, 0.4) is 0 Å². The molecule has 2 rings (SSSR count). The number of likely N-dealkylation sites (N-methyl/N-ethyl adjacent to an activating group) is 1. The Morgan fingerprint density at radius 3 is 2.88 bits per heavy atom. The number of hydrogen-bond acceptors (Lipinski definition) is 3. The molecule has 1 aromatic rings. The third kappa shape index (κ3) is 3.05. The van der Waals surface area contributed by atoms with Crippen molar-refractivity contribution in [1.29, 1.82) is 0 Å². The highest BCUT2D eigenvalue weighted by atomic mass is 79.9. The van der Waals surface area contributed by atoms with Gasteiger partial charge in [-0.05, 0) is 54.4 Å². The minimum absolute atomic E-state index is 0.0566. The second-order valence-corrected chi connectivity index (χ2v) is 6.80. The van der Waals surface area contributed by atoms with Gasteiger partial charge in [0.05, 0.1) is 6.61 Å². The Morgan fingerprint density at radius 1 is 1.53 bits per heavy atom. The fourth-order valence-electron chi connectivity index (χ4n) is 2.35. The zero-order valence-electron chi connectivity index (χ0n) is 9.95. The molecular formula is C13H18BrNOS. The van der Waals surface area contributed by atoms with Crippen molar-refractivity contribution in [2.75, 3.05) is 13.7 Å². The number of nitrogens with one attached hydrogen (secondary N) is 1. The quantitative estimate of drug-likeness (QED) is 0.895. The van der Waals surface area contributed by atoms with E-state index in [9.17, 15) is 5.11 Å². The highest BCUT2D eigenvalue weighted by molar-refractivity contribution is 9.10. The lowest BCUT2D eigenvalue weighted by Gasteiger charge is -2.26. The molecule has 0 radical (unpaired) electrons. The van der Waals surface area contributed by atoms with Crippen molar-refractivity contribution < 1.29 is 5.11 Å². The average molecular weight is 316 g/mol. The zero-order valence-corrected chi connectivity index (χ0v) is 12.4. The summed E-state index contributed by atoms with van der Waals surface area (Å²) in [6.07, 6.45) is 3.25. The first-order valence-electron chi connectivity index (χ1n) is 5.90. The van der Waals surface area contributed by atoms with Crippen LogP contribution >= 0.6 is 27.7 Å². The highest BCUT2D eigenvalue weighted by Gasteiger charge is 2.37. The Balaban J connectivity index is 2.01. The lowest BCUT2D eigenvalue weighted by molar-refractivity contribution is 0.173. The van der Waals surface area contributed by atoms with Crippen LogP contribution in [0.5, 0.6) is 0 Å². The molecule has 0 saturated heterocycles. The third-order valence-electron chi connectivity index (χ3n) is 3.53. The van der Waals surface area contributed by atoms with Gasteiger partial charge in [0.1, 0.15) is 0 Å². The van der Waals surface area contributed by atoms with E-state index in [1.165, 1.54) is 4.90 Å². The average Bonchev–Trinajstić information content (AvgIpc) is 2.76. The number of hydrogen-bond donors (Lipinski definition) is 2. The molecule has 17 heavy (non-hydrogen) atoms. The van der Waals surface area contributed by atoms with Gasteiger partial charge in [-0.3, -0.25) is 0 Å². The van der Waals surface area contributed by atoms with Crippen LogP contribution in [-0.4, -0.2) is 29.5 Å². The Labute approximate surface area is 115 Å². The Morgan fingerprint density at radius 2 is 2.29 bits per heavy atom. The van der Waals surface area contributed by atoms with Crippen LogP contribution in [0.25, 0.3) is 0 Å². The van der Waals surface area contributed by atoms with Gasteiger partial charge in [0, 0.05) is 20.2 Å². The molecule has 2 nitrogen and oxygen atoms in total. The lowest BCUT2D eigenvalue weighted by atomic mass is 10.00. The summed E-state index contributed by atoms with van der Waals surface area (Å²) in [4.78, 5) is 1.29. The Hall–Kier alpha value is -0.0300. The van der Waals surface area contributed by atoms with E-state index in [-0.39, 0.29) is 12.1 Å². The van der Waals surface area contributed by atoms with E-state index in [4.69, 9.17) is 0 Å². The number of aliphatic hydroxyl groups is 1. The van der Waals surface area contributed by atoms with Gasteiger partial charge in [0.2, 0.25) is 0 Å². The molecule has 1 aliphatic rings. The van der Waals surface area contributed by atoms with Crippen LogP contribution in [0.15, 0.2) is 33.6 Å². The minimum atomic E-state index is -0.0566. The first-order chi connectivity index (χ1) is 8.19. The Bertz CT molecular complexity index is 381. The van der Waals surface area contributed by atoms with E-state index < -0.39 is 0 Å². The van der Waals surface area contributed by atoms with Crippen LogP contribution in [0.1, 0.15) is 19.3 Å². The number of benzene rings is 1. The van der Waals surface area contributed by atoms with Crippen molar-refractivity contribution in [1.82, 2.24) is 5.32 Å². The summed E-state index contributed by atoms with van der Waals surface area (Å²) in [6.45, 7) is 0.233. The molecule has 0 aliphatic heterocycles. The summed E-state index contributed by atoms with van der Waals surface area (Å²) in [6, 6.07) is 8.33. The van der Waals surface area contributed by atoms with E-state index in [0.717, 1.165) is 23.7 Å². The van der Waals surface area contributed by atoms with E-state index in [1.807, 2.05) is 24.9 Å². The molecule has 1 fully saturated rings. The predicted octanol–water partition coefficient (Wildman–Crippen LogP) is 3.04. The fourth-order valence-corrected chi connectivity index (χ4v) is 4.25. The Kier molecular flexibility index (Phi) is 4.53. The smallest absolute Gasteiger partial charge is 0.0613 e. The van der Waals surface area contributed by atoms with Crippen molar-refractivity contribution in [2.45, 2.75) is 34.9 Å². The summed E-state index contributed by atoms with van der Waals surface area (Å²) >= 11 is 5.49. The first kappa shape index (κ1) is 13.4. The summed E-state index contributed by atoms with van der Waals surface area (Å²) in [5.74, 6) is 0. The van der Waals surface area contributed by atoms with Crippen molar-refractivity contribution in [3.05, 3.63) is 28.7 Å². The number of halogens is 1. The SMILES string of the molecule is CNC1(CO)CCC(Sc2ccccc2Br)C1. The number of thioether (sulfide) groups is 1. The van der Waals surface area contributed by atoms with Crippen molar-refractivity contribution in [2.24, 2.45) is 0 Å². The number of rotatable bonds is 4. The van der Waals surface area contributed by atoms with Crippen molar-refractivity contribution in [3.63, 3.8) is 0 Å². The van der Waals surface area contributed by atoms with Gasteiger partial charge in [-0.25, -0.2) is 0 Å². The van der Waals surface area contributed by atoms with Crippen molar-refractivity contribution in [3.8, 4) is 0 Å². The first-order valence-corrected chi connectivity index (χ1v) is 7.57. The number of aliphatic hydroxyl groups excluding tert-OH is 1.